The summed E-state index contributed by atoms with van der Waals surface area (Å²) in [5, 5.41) is 2.49. The maximum atomic E-state index is 15.0. The summed E-state index contributed by atoms with van der Waals surface area (Å²) in [6.07, 6.45) is -6.16. The number of halogens is 1. The molecule has 1 aromatic rings. The molecule has 2 aliphatic rings. The number of amides is 1. The summed E-state index contributed by atoms with van der Waals surface area (Å²) < 4.78 is 45.3. The Morgan fingerprint density at radius 3 is 2.78 bits per heavy atom. The number of carbonyl (C=O) groups excluding carboxylic acids is 1. The third kappa shape index (κ3) is 3.37. The second kappa shape index (κ2) is 6.92. The molecule has 6 nitrogen and oxygen atoms in total. The summed E-state index contributed by atoms with van der Waals surface area (Å²) >= 11 is 0. The van der Waals surface area contributed by atoms with Gasteiger partial charge in [0.15, 0.2) is 18.7 Å². The van der Waals surface area contributed by atoms with Crippen LogP contribution in [0.2, 0.25) is 0 Å². The lowest BCUT2D eigenvalue weighted by molar-refractivity contribution is -0.333. The number of fused-ring (bicyclic) bond motifs is 1. The highest BCUT2D eigenvalue weighted by molar-refractivity contribution is 5.73. The number of ether oxygens (including phenoxy) is 4. The van der Waals surface area contributed by atoms with Gasteiger partial charge in [0.2, 0.25) is 5.91 Å². The number of alkyl halides is 1. The molecule has 2 unspecified atom stereocenters. The maximum Gasteiger partial charge on any atom is 0.217 e. The van der Waals surface area contributed by atoms with Crippen LogP contribution in [0.1, 0.15) is 20.1 Å². The fourth-order valence-electron chi connectivity index (χ4n) is 2.79. The van der Waals surface area contributed by atoms with E-state index in [4.69, 9.17) is 20.3 Å². The fourth-order valence-corrected chi connectivity index (χ4v) is 2.79. The van der Waals surface area contributed by atoms with Crippen molar-refractivity contribution in [1.82, 2.24) is 5.32 Å². The summed E-state index contributed by atoms with van der Waals surface area (Å²) in [6, 6.07) is 7.62. The minimum atomic E-state index is -1.82. The molecule has 3 rings (SSSR count). The highest BCUT2D eigenvalue weighted by Gasteiger charge is 2.50. The van der Waals surface area contributed by atoms with Crippen molar-refractivity contribution in [3.05, 3.63) is 35.9 Å². The van der Waals surface area contributed by atoms with Gasteiger partial charge in [-0.1, -0.05) is 30.3 Å². The molecule has 0 aliphatic carbocycles. The van der Waals surface area contributed by atoms with Gasteiger partial charge in [-0.25, -0.2) is 4.39 Å². The molecule has 6 atom stereocenters. The summed E-state index contributed by atoms with van der Waals surface area (Å²) in [6.45, 7) is 1.27. The lowest BCUT2D eigenvalue weighted by Gasteiger charge is -2.46. The number of rotatable bonds is 3. The zero-order valence-corrected chi connectivity index (χ0v) is 12.9. The van der Waals surface area contributed by atoms with Crippen molar-refractivity contribution >= 4 is 5.91 Å². The standard InChI is InChI=1S/C16H20FNO5/c1-9(19)18-13-12(17)14-11(22-16(13)20-2)8-21-15(23-14)10-6-4-3-5-7-10/h3-7,11-16H,8H2,1-2H3,(H,18,19)/t11-,12-,13+,14-,15?,16?/m1/s1/i15D. The molecule has 126 valence electrons. The van der Waals surface area contributed by atoms with Gasteiger partial charge in [-0.2, -0.15) is 0 Å². The van der Waals surface area contributed by atoms with E-state index in [2.05, 4.69) is 5.32 Å². The van der Waals surface area contributed by atoms with Crippen molar-refractivity contribution in [2.75, 3.05) is 13.7 Å². The molecule has 0 aromatic heterocycles. The van der Waals surface area contributed by atoms with E-state index in [1.807, 2.05) is 0 Å². The Hall–Kier alpha value is -1.54. The Kier molecular flexibility index (Phi) is 4.52. The number of carbonyl (C=O) groups is 1. The van der Waals surface area contributed by atoms with Crippen LogP contribution in [0.25, 0.3) is 0 Å². The Balaban J connectivity index is 1.82. The predicted octanol–water partition coefficient (Wildman–Crippen LogP) is 1.31. The smallest absolute Gasteiger partial charge is 0.217 e. The van der Waals surface area contributed by atoms with Gasteiger partial charge in [0.25, 0.3) is 0 Å². The molecule has 2 saturated heterocycles. The Labute approximate surface area is 135 Å². The van der Waals surface area contributed by atoms with E-state index >= 15 is 4.39 Å². The zero-order chi connectivity index (χ0) is 17.3. The second-order valence-electron chi connectivity index (χ2n) is 5.50. The highest BCUT2D eigenvalue weighted by Crippen LogP contribution is 2.35. The molecular weight excluding hydrogens is 305 g/mol. The zero-order valence-electron chi connectivity index (χ0n) is 13.9. The molecule has 1 N–H and O–H groups in total. The van der Waals surface area contributed by atoms with E-state index in [9.17, 15) is 4.79 Å². The monoisotopic (exact) mass is 326 g/mol. The average Bonchev–Trinajstić information content (AvgIpc) is 2.58. The van der Waals surface area contributed by atoms with Crippen molar-refractivity contribution in [3.63, 3.8) is 0 Å². The lowest BCUT2D eigenvalue weighted by atomic mass is 9.97. The Morgan fingerprint density at radius 1 is 1.39 bits per heavy atom. The molecule has 0 bridgehead atoms. The molecule has 7 heteroatoms. The first-order chi connectivity index (χ1) is 11.4. The number of hydrogen-bond donors (Lipinski definition) is 1. The van der Waals surface area contributed by atoms with Gasteiger partial charge in [-0.3, -0.25) is 4.79 Å². The fraction of sp³-hybridized carbons (Fsp3) is 0.562. The van der Waals surface area contributed by atoms with Crippen LogP contribution in [0, 0.1) is 0 Å². The highest BCUT2D eigenvalue weighted by atomic mass is 19.1. The van der Waals surface area contributed by atoms with Crippen LogP contribution in [-0.2, 0) is 23.7 Å². The normalized spacial score (nSPS) is 40.8. The average molecular weight is 326 g/mol. The molecule has 2 aliphatic heterocycles. The Bertz CT molecular complexity index is 591. The van der Waals surface area contributed by atoms with E-state index in [1.165, 1.54) is 14.0 Å². The van der Waals surface area contributed by atoms with Crippen molar-refractivity contribution in [2.45, 2.75) is 43.9 Å². The summed E-state index contributed by atoms with van der Waals surface area (Å²) in [4.78, 5) is 11.3. The molecule has 0 saturated carbocycles. The second-order valence-corrected chi connectivity index (χ2v) is 5.50. The van der Waals surface area contributed by atoms with Gasteiger partial charge >= 0.3 is 0 Å². The molecule has 1 amide bonds. The molecular formula is C16H20FNO5. The van der Waals surface area contributed by atoms with Crippen molar-refractivity contribution in [3.8, 4) is 0 Å². The van der Waals surface area contributed by atoms with Crippen LogP contribution in [0.3, 0.4) is 0 Å². The third-order valence-electron chi connectivity index (χ3n) is 3.86. The number of nitrogens with one attached hydrogen (secondary N) is 1. The number of hydrogen-bond acceptors (Lipinski definition) is 5. The van der Waals surface area contributed by atoms with Crippen LogP contribution in [0.5, 0.6) is 0 Å². The largest absolute Gasteiger partial charge is 0.354 e. The summed E-state index contributed by atoms with van der Waals surface area (Å²) in [5.41, 5.74) is 0.459. The first-order valence-electron chi connectivity index (χ1n) is 7.91. The molecule has 23 heavy (non-hydrogen) atoms. The van der Waals surface area contributed by atoms with E-state index in [-0.39, 0.29) is 6.61 Å². The van der Waals surface area contributed by atoms with Gasteiger partial charge in [-0.05, 0) is 0 Å². The van der Waals surface area contributed by atoms with Crippen LogP contribution < -0.4 is 5.32 Å². The van der Waals surface area contributed by atoms with Gasteiger partial charge in [-0.15, -0.1) is 0 Å². The van der Waals surface area contributed by atoms with E-state index in [1.54, 1.807) is 30.3 Å². The van der Waals surface area contributed by atoms with Gasteiger partial charge < -0.3 is 24.3 Å². The van der Waals surface area contributed by atoms with Crippen molar-refractivity contribution in [1.29, 1.82) is 0 Å². The van der Waals surface area contributed by atoms with Gasteiger partial charge in [0.05, 0.1) is 7.98 Å². The minimum Gasteiger partial charge on any atom is -0.354 e. The minimum absolute atomic E-state index is 0.0177. The SMILES string of the molecule is [2H]C1(c2ccccc2)OC[C@H]2OC(OC)[C@@H](NC(C)=O)[C@@H](F)[C@@H]2O1. The van der Waals surface area contributed by atoms with Crippen molar-refractivity contribution in [2.24, 2.45) is 0 Å². The van der Waals surface area contributed by atoms with Gasteiger partial charge in [0.1, 0.15) is 18.2 Å². The van der Waals surface area contributed by atoms with Crippen LogP contribution in [0.4, 0.5) is 4.39 Å². The van der Waals surface area contributed by atoms with Crippen LogP contribution in [-0.4, -0.2) is 50.3 Å². The third-order valence-corrected chi connectivity index (χ3v) is 3.86. The van der Waals surface area contributed by atoms with E-state index < -0.39 is 42.9 Å². The topological polar surface area (TPSA) is 66.0 Å². The first-order valence-corrected chi connectivity index (χ1v) is 7.41. The molecule has 0 radical (unpaired) electrons. The maximum absolute atomic E-state index is 15.0. The Morgan fingerprint density at radius 2 is 2.13 bits per heavy atom. The van der Waals surface area contributed by atoms with Crippen molar-refractivity contribution < 1.29 is 29.5 Å². The first kappa shape index (κ1) is 15.0. The van der Waals surface area contributed by atoms with Crippen LogP contribution >= 0.6 is 0 Å². The summed E-state index contributed by atoms with van der Waals surface area (Å²) in [5.74, 6) is -0.404. The van der Waals surface area contributed by atoms with E-state index in [0.29, 0.717) is 5.56 Å². The molecule has 2 fully saturated rings. The quantitative estimate of drug-likeness (QED) is 0.907. The predicted molar refractivity (Wildman–Crippen MR) is 78.2 cm³/mol. The van der Waals surface area contributed by atoms with Crippen LogP contribution in [0.15, 0.2) is 30.3 Å². The number of benzene rings is 1. The molecule has 1 aromatic carbocycles. The number of methoxy groups -OCH3 is 1. The lowest BCUT2D eigenvalue weighted by Crippen LogP contribution is -2.65. The molecule has 2 heterocycles. The summed E-state index contributed by atoms with van der Waals surface area (Å²) in [7, 11) is 1.37. The van der Waals surface area contributed by atoms with Gasteiger partial charge in [0, 0.05) is 19.6 Å². The van der Waals surface area contributed by atoms with E-state index in [0.717, 1.165) is 0 Å². The molecule has 0 spiro atoms.